The molecule has 2 heteroatoms. The van der Waals surface area contributed by atoms with E-state index >= 15 is 0 Å². The van der Waals surface area contributed by atoms with E-state index in [1.165, 1.54) is 0 Å². The summed E-state index contributed by atoms with van der Waals surface area (Å²) in [6.07, 6.45) is 1.80. The molecule has 63 valence electrons. The normalized spacial score (nSPS) is 9.62. The average Bonchev–Trinajstić information content (AvgIpc) is 2.58. The Balaban J connectivity index is 2.49. The molecule has 0 saturated heterocycles. The molecule has 1 aromatic carbocycles. The van der Waals surface area contributed by atoms with Crippen LogP contribution < -0.4 is 0 Å². The van der Waals surface area contributed by atoms with Gasteiger partial charge in [-0.25, -0.2) is 4.98 Å². The summed E-state index contributed by atoms with van der Waals surface area (Å²) >= 11 is 0. The molecule has 2 aromatic rings. The summed E-state index contributed by atoms with van der Waals surface area (Å²) in [7, 11) is 0. The van der Waals surface area contributed by atoms with Crippen LogP contribution in [0.15, 0.2) is 30.6 Å². The fourth-order valence-electron chi connectivity index (χ4n) is 1.28. The van der Waals surface area contributed by atoms with Crippen molar-refractivity contribution in [2.24, 2.45) is 0 Å². The number of aromatic nitrogens is 2. The monoisotopic (exact) mass is 169 g/mol. The third-order valence-electron chi connectivity index (χ3n) is 1.90. The van der Waals surface area contributed by atoms with Crippen LogP contribution in [0.25, 0.3) is 11.0 Å². The van der Waals surface area contributed by atoms with Crippen LogP contribution in [0.4, 0.5) is 0 Å². The van der Waals surface area contributed by atoms with Crippen LogP contribution in [0.1, 0.15) is 0 Å². The first-order valence-corrected chi connectivity index (χ1v) is 4.06. The van der Waals surface area contributed by atoms with Gasteiger partial charge in [-0.05, 0) is 12.1 Å². The van der Waals surface area contributed by atoms with Gasteiger partial charge in [-0.2, -0.15) is 0 Å². The van der Waals surface area contributed by atoms with Crippen molar-refractivity contribution >= 4 is 11.0 Å². The molecule has 0 unspecified atom stereocenters. The first-order chi connectivity index (χ1) is 6.42. The van der Waals surface area contributed by atoms with Crippen LogP contribution in [-0.4, -0.2) is 9.55 Å². The molecule has 0 aliphatic carbocycles. The Labute approximate surface area is 77.2 Å². The van der Waals surface area contributed by atoms with Crippen LogP contribution in [0.3, 0.4) is 0 Å². The Bertz CT molecular complexity index is 471. The van der Waals surface area contributed by atoms with E-state index in [0.29, 0.717) is 6.54 Å². The van der Waals surface area contributed by atoms with Crippen molar-refractivity contribution in [3.05, 3.63) is 37.5 Å². The second-order valence-corrected chi connectivity index (χ2v) is 2.71. The number of hydrogen-bond acceptors (Lipinski definition) is 1. The fraction of sp³-hybridized carbons (Fsp3) is 0.0909. The molecular formula is C11H9N2. The number of benzene rings is 1. The van der Waals surface area contributed by atoms with E-state index in [0.717, 1.165) is 11.0 Å². The van der Waals surface area contributed by atoms with E-state index in [1.807, 2.05) is 28.8 Å². The molecule has 0 spiro atoms. The van der Waals surface area contributed by atoms with Gasteiger partial charge in [0.2, 0.25) is 0 Å². The summed E-state index contributed by atoms with van der Waals surface area (Å²) in [6, 6.07) is 8.00. The third-order valence-corrected chi connectivity index (χ3v) is 1.90. The highest BCUT2D eigenvalue weighted by Gasteiger charge is 1.97. The number of fused-ring (bicyclic) bond motifs is 1. The zero-order valence-electron chi connectivity index (χ0n) is 7.20. The molecule has 1 heterocycles. The molecule has 0 saturated carbocycles. The fourth-order valence-corrected chi connectivity index (χ4v) is 1.28. The Morgan fingerprint density at radius 3 is 3.08 bits per heavy atom. The van der Waals surface area contributed by atoms with Gasteiger partial charge in [0.05, 0.1) is 23.9 Å². The van der Waals surface area contributed by atoms with Crippen molar-refractivity contribution in [2.75, 3.05) is 0 Å². The van der Waals surface area contributed by atoms with Gasteiger partial charge in [0, 0.05) is 6.92 Å². The maximum atomic E-state index is 4.25. The summed E-state index contributed by atoms with van der Waals surface area (Å²) in [4.78, 5) is 4.25. The summed E-state index contributed by atoms with van der Waals surface area (Å²) in [5.74, 6) is 5.53. The second kappa shape index (κ2) is 3.32. The van der Waals surface area contributed by atoms with E-state index in [-0.39, 0.29) is 0 Å². The van der Waals surface area contributed by atoms with E-state index in [2.05, 4.69) is 23.7 Å². The zero-order chi connectivity index (χ0) is 9.10. The summed E-state index contributed by atoms with van der Waals surface area (Å²) in [6.45, 7) is 4.13. The maximum Gasteiger partial charge on any atom is 0.0966 e. The van der Waals surface area contributed by atoms with Gasteiger partial charge in [0.15, 0.2) is 0 Å². The minimum atomic E-state index is 0.657. The molecule has 0 aliphatic heterocycles. The van der Waals surface area contributed by atoms with Gasteiger partial charge >= 0.3 is 0 Å². The molecule has 0 N–H and O–H groups in total. The number of para-hydroxylation sites is 2. The van der Waals surface area contributed by atoms with Crippen molar-refractivity contribution < 1.29 is 0 Å². The molecule has 1 aromatic heterocycles. The van der Waals surface area contributed by atoms with Crippen LogP contribution >= 0.6 is 0 Å². The van der Waals surface area contributed by atoms with Crippen molar-refractivity contribution in [3.8, 4) is 11.8 Å². The topological polar surface area (TPSA) is 17.8 Å². The highest BCUT2D eigenvalue weighted by Crippen LogP contribution is 2.10. The van der Waals surface area contributed by atoms with Crippen molar-refractivity contribution in [1.82, 2.24) is 9.55 Å². The average molecular weight is 169 g/mol. The highest BCUT2D eigenvalue weighted by atomic mass is 15.0. The Kier molecular flexibility index (Phi) is 2.01. The second-order valence-electron chi connectivity index (χ2n) is 2.71. The van der Waals surface area contributed by atoms with E-state index in [1.54, 1.807) is 6.33 Å². The van der Waals surface area contributed by atoms with Crippen LogP contribution in [0, 0.1) is 18.8 Å². The highest BCUT2D eigenvalue weighted by molar-refractivity contribution is 5.74. The van der Waals surface area contributed by atoms with E-state index < -0.39 is 0 Å². The molecule has 1 radical (unpaired) electrons. The Morgan fingerprint density at radius 1 is 1.38 bits per heavy atom. The summed E-state index contributed by atoms with van der Waals surface area (Å²) < 4.78 is 2.01. The van der Waals surface area contributed by atoms with Gasteiger partial charge in [-0.15, -0.1) is 5.92 Å². The lowest BCUT2D eigenvalue weighted by Gasteiger charge is -1.95. The third kappa shape index (κ3) is 1.41. The van der Waals surface area contributed by atoms with Crippen LogP contribution in [-0.2, 0) is 6.54 Å². The molecule has 13 heavy (non-hydrogen) atoms. The van der Waals surface area contributed by atoms with Crippen LogP contribution in [0.2, 0.25) is 0 Å². The SMILES string of the molecule is [CH2]C#CCn1cnc2ccccc21. The molecule has 2 rings (SSSR count). The molecule has 0 fully saturated rings. The number of nitrogens with zero attached hydrogens (tertiary/aromatic N) is 2. The van der Waals surface area contributed by atoms with Gasteiger partial charge in [-0.3, -0.25) is 0 Å². The first kappa shape index (κ1) is 7.88. The van der Waals surface area contributed by atoms with Gasteiger partial charge in [-0.1, -0.05) is 18.1 Å². The van der Waals surface area contributed by atoms with Crippen molar-refractivity contribution in [2.45, 2.75) is 6.54 Å². The Hall–Kier alpha value is -1.75. The Morgan fingerprint density at radius 2 is 2.23 bits per heavy atom. The lowest BCUT2D eigenvalue weighted by molar-refractivity contribution is 0.870. The molecule has 0 amide bonds. The van der Waals surface area contributed by atoms with Crippen LogP contribution in [0.5, 0.6) is 0 Å². The predicted octanol–water partition coefficient (Wildman–Crippen LogP) is 1.87. The zero-order valence-corrected chi connectivity index (χ0v) is 7.20. The van der Waals surface area contributed by atoms with Crippen molar-refractivity contribution in [3.63, 3.8) is 0 Å². The van der Waals surface area contributed by atoms with E-state index in [4.69, 9.17) is 0 Å². The number of rotatable bonds is 1. The molecule has 0 bridgehead atoms. The first-order valence-electron chi connectivity index (χ1n) is 4.06. The number of hydrogen-bond donors (Lipinski definition) is 0. The smallest absolute Gasteiger partial charge is 0.0966 e. The summed E-state index contributed by atoms with van der Waals surface area (Å²) in [5, 5.41) is 0. The van der Waals surface area contributed by atoms with Crippen molar-refractivity contribution in [1.29, 1.82) is 0 Å². The quantitative estimate of drug-likeness (QED) is 0.596. The standard InChI is InChI=1S/C11H9N2/c1-2-3-8-13-9-12-10-6-4-5-7-11(10)13/h4-7,9H,1,8H2. The number of imidazole rings is 1. The molecule has 2 nitrogen and oxygen atoms in total. The minimum absolute atomic E-state index is 0.657. The van der Waals surface area contributed by atoms with Gasteiger partial charge in [0.1, 0.15) is 0 Å². The lowest BCUT2D eigenvalue weighted by atomic mass is 10.3. The molecule has 0 atom stereocenters. The van der Waals surface area contributed by atoms with E-state index in [9.17, 15) is 0 Å². The minimum Gasteiger partial charge on any atom is -0.319 e. The summed E-state index contributed by atoms with van der Waals surface area (Å²) in [5.41, 5.74) is 2.12. The largest absolute Gasteiger partial charge is 0.319 e. The predicted molar refractivity (Wildman–Crippen MR) is 52.9 cm³/mol. The molecule has 0 aliphatic rings. The van der Waals surface area contributed by atoms with Gasteiger partial charge < -0.3 is 4.57 Å². The molecular weight excluding hydrogens is 160 g/mol. The van der Waals surface area contributed by atoms with Gasteiger partial charge in [0.25, 0.3) is 0 Å². The maximum absolute atomic E-state index is 4.25. The lowest BCUT2D eigenvalue weighted by Crippen LogP contribution is -1.92.